The monoisotopic (exact) mass is 236 g/mol. The highest BCUT2D eigenvalue weighted by Gasteiger charge is 2.27. The maximum atomic E-state index is 13.9. The number of hydrogen-bond acceptors (Lipinski definition) is 1. The van der Waals surface area contributed by atoms with Crippen molar-refractivity contribution in [2.24, 2.45) is 0 Å². The first kappa shape index (κ1) is 10.7. The Bertz CT molecular complexity index is 535. The Balaban J connectivity index is 2.05. The molecule has 17 heavy (non-hydrogen) atoms. The molecule has 2 atom stereocenters. The second kappa shape index (κ2) is 4.11. The SMILES string of the molecule is Fc1ccc2c([C@H]3CCNC[C@@H]3F)c[nH]c2c1. The normalized spacial score (nSPS) is 25.3. The van der Waals surface area contributed by atoms with Crippen molar-refractivity contribution < 1.29 is 8.78 Å². The van der Waals surface area contributed by atoms with Gasteiger partial charge in [-0.15, -0.1) is 0 Å². The van der Waals surface area contributed by atoms with E-state index in [1.165, 1.54) is 12.1 Å². The molecule has 0 bridgehead atoms. The minimum atomic E-state index is -0.868. The Morgan fingerprint density at radius 2 is 2.18 bits per heavy atom. The Morgan fingerprint density at radius 3 is 3.00 bits per heavy atom. The molecule has 0 saturated carbocycles. The molecule has 0 spiro atoms. The lowest BCUT2D eigenvalue weighted by Crippen LogP contribution is -2.36. The summed E-state index contributed by atoms with van der Waals surface area (Å²) in [6, 6.07) is 4.60. The van der Waals surface area contributed by atoms with Gasteiger partial charge in [0.1, 0.15) is 12.0 Å². The van der Waals surface area contributed by atoms with Crippen molar-refractivity contribution in [3.63, 3.8) is 0 Å². The smallest absolute Gasteiger partial charge is 0.125 e. The molecular formula is C13H14F2N2. The fourth-order valence-corrected chi connectivity index (χ4v) is 2.60. The van der Waals surface area contributed by atoms with Crippen LogP contribution in [0.1, 0.15) is 17.9 Å². The van der Waals surface area contributed by atoms with Crippen LogP contribution in [0, 0.1) is 5.82 Å². The van der Waals surface area contributed by atoms with E-state index in [1.807, 2.05) is 6.20 Å². The number of aromatic nitrogens is 1. The van der Waals surface area contributed by atoms with Gasteiger partial charge in [-0.2, -0.15) is 0 Å². The predicted molar refractivity (Wildman–Crippen MR) is 63.4 cm³/mol. The quantitative estimate of drug-likeness (QED) is 0.782. The van der Waals surface area contributed by atoms with Gasteiger partial charge in [0, 0.05) is 29.6 Å². The van der Waals surface area contributed by atoms with Gasteiger partial charge >= 0.3 is 0 Å². The van der Waals surface area contributed by atoms with Crippen molar-refractivity contribution in [2.75, 3.05) is 13.1 Å². The Hall–Kier alpha value is -1.42. The molecule has 1 fully saturated rings. The van der Waals surface area contributed by atoms with Crippen LogP contribution in [0.4, 0.5) is 8.78 Å². The van der Waals surface area contributed by atoms with Crippen molar-refractivity contribution in [1.29, 1.82) is 0 Å². The van der Waals surface area contributed by atoms with E-state index in [0.29, 0.717) is 6.54 Å². The minimum Gasteiger partial charge on any atom is -0.361 e. The Labute approximate surface area is 98.0 Å². The predicted octanol–water partition coefficient (Wildman–Crippen LogP) is 2.72. The molecule has 2 heterocycles. The highest BCUT2D eigenvalue weighted by Crippen LogP contribution is 2.33. The Morgan fingerprint density at radius 1 is 1.29 bits per heavy atom. The Kier molecular flexibility index (Phi) is 2.59. The zero-order valence-electron chi connectivity index (χ0n) is 9.34. The number of piperidine rings is 1. The lowest BCUT2D eigenvalue weighted by Gasteiger charge is -2.26. The molecule has 1 aromatic carbocycles. The summed E-state index contributed by atoms with van der Waals surface area (Å²) in [7, 11) is 0. The maximum absolute atomic E-state index is 13.9. The van der Waals surface area contributed by atoms with Gasteiger partial charge in [0.2, 0.25) is 0 Å². The molecule has 1 saturated heterocycles. The minimum absolute atomic E-state index is 0.0875. The van der Waals surface area contributed by atoms with Crippen LogP contribution in [0.2, 0.25) is 0 Å². The highest BCUT2D eigenvalue weighted by atomic mass is 19.1. The van der Waals surface area contributed by atoms with E-state index in [2.05, 4.69) is 10.3 Å². The lowest BCUT2D eigenvalue weighted by atomic mass is 9.88. The third-order valence-corrected chi connectivity index (χ3v) is 3.48. The molecule has 0 radical (unpaired) electrons. The number of fused-ring (bicyclic) bond motifs is 1. The zero-order chi connectivity index (χ0) is 11.8. The third kappa shape index (κ3) is 1.82. The number of rotatable bonds is 1. The molecule has 0 unspecified atom stereocenters. The van der Waals surface area contributed by atoms with Crippen molar-refractivity contribution in [1.82, 2.24) is 10.3 Å². The van der Waals surface area contributed by atoms with E-state index in [-0.39, 0.29) is 11.7 Å². The summed E-state index contributed by atoms with van der Waals surface area (Å²) in [4.78, 5) is 3.02. The maximum Gasteiger partial charge on any atom is 0.125 e. The molecular weight excluding hydrogens is 222 g/mol. The van der Waals surface area contributed by atoms with Crippen LogP contribution in [-0.2, 0) is 0 Å². The number of benzene rings is 1. The van der Waals surface area contributed by atoms with Gasteiger partial charge in [-0.05, 0) is 36.7 Å². The average Bonchev–Trinajstić information content (AvgIpc) is 2.72. The van der Waals surface area contributed by atoms with E-state index in [9.17, 15) is 8.78 Å². The number of nitrogens with one attached hydrogen (secondary N) is 2. The summed E-state index contributed by atoms with van der Waals surface area (Å²) in [5, 5.41) is 3.97. The summed E-state index contributed by atoms with van der Waals surface area (Å²) in [5.41, 5.74) is 1.71. The van der Waals surface area contributed by atoms with Crippen LogP contribution in [0.25, 0.3) is 10.9 Å². The molecule has 1 aliphatic rings. The van der Waals surface area contributed by atoms with Crippen LogP contribution in [-0.4, -0.2) is 24.2 Å². The number of hydrogen-bond donors (Lipinski definition) is 2. The van der Waals surface area contributed by atoms with E-state index >= 15 is 0 Å². The second-order valence-electron chi connectivity index (χ2n) is 4.55. The first-order valence-electron chi connectivity index (χ1n) is 5.87. The van der Waals surface area contributed by atoms with Crippen molar-refractivity contribution >= 4 is 10.9 Å². The fourth-order valence-electron chi connectivity index (χ4n) is 2.60. The largest absolute Gasteiger partial charge is 0.361 e. The van der Waals surface area contributed by atoms with Gasteiger partial charge < -0.3 is 10.3 Å². The molecule has 4 heteroatoms. The first-order chi connectivity index (χ1) is 8.25. The van der Waals surface area contributed by atoms with Crippen molar-refractivity contribution in [3.8, 4) is 0 Å². The van der Waals surface area contributed by atoms with Gasteiger partial charge in [-0.1, -0.05) is 0 Å². The van der Waals surface area contributed by atoms with Crippen LogP contribution < -0.4 is 5.32 Å². The zero-order valence-corrected chi connectivity index (χ0v) is 9.34. The molecule has 2 aromatic rings. The van der Waals surface area contributed by atoms with E-state index < -0.39 is 6.17 Å². The summed E-state index contributed by atoms with van der Waals surface area (Å²) in [6.45, 7) is 1.23. The van der Waals surface area contributed by atoms with Crippen molar-refractivity contribution in [3.05, 3.63) is 35.8 Å². The van der Waals surface area contributed by atoms with Crippen LogP contribution in [0.3, 0.4) is 0 Å². The van der Waals surface area contributed by atoms with E-state index in [1.54, 1.807) is 6.07 Å². The molecule has 1 aliphatic heterocycles. The van der Waals surface area contributed by atoms with Crippen LogP contribution >= 0.6 is 0 Å². The lowest BCUT2D eigenvalue weighted by molar-refractivity contribution is 0.232. The van der Waals surface area contributed by atoms with Gasteiger partial charge in [0.05, 0.1) is 0 Å². The molecule has 2 nitrogen and oxygen atoms in total. The fraction of sp³-hybridized carbons (Fsp3) is 0.385. The first-order valence-corrected chi connectivity index (χ1v) is 5.87. The molecule has 90 valence electrons. The van der Waals surface area contributed by atoms with E-state index in [4.69, 9.17) is 0 Å². The number of H-pyrrole nitrogens is 1. The molecule has 2 N–H and O–H groups in total. The van der Waals surface area contributed by atoms with Gasteiger partial charge in [0.25, 0.3) is 0 Å². The topological polar surface area (TPSA) is 27.8 Å². The molecule has 1 aromatic heterocycles. The number of alkyl halides is 1. The third-order valence-electron chi connectivity index (χ3n) is 3.48. The van der Waals surface area contributed by atoms with Crippen molar-refractivity contribution in [2.45, 2.75) is 18.5 Å². The highest BCUT2D eigenvalue weighted by molar-refractivity contribution is 5.83. The summed E-state index contributed by atoms with van der Waals surface area (Å²) in [5.74, 6) is -0.358. The molecule has 0 aliphatic carbocycles. The van der Waals surface area contributed by atoms with Crippen LogP contribution in [0.15, 0.2) is 24.4 Å². The summed E-state index contributed by atoms with van der Waals surface area (Å²) in [6.07, 6.45) is 1.73. The van der Waals surface area contributed by atoms with E-state index in [0.717, 1.165) is 29.4 Å². The van der Waals surface area contributed by atoms with Crippen LogP contribution in [0.5, 0.6) is 0 Å². The van der Waals surface area contributed by atoms with Gasteiger partial charge in [-0.25, -0.2) is 8.78 Å². The number of aromatic amines is 1. The summed E-state index contributed by atoms with van der Waals surface area (Å²) >= 11 is 0. The number of halogens is 2. The molecule has 3 rings (SSSR count). The molecule has 0 amide bonds. The average molecular weight is 236 g/mol. The summed E-state index contributed by atoms with van der Waals surface area (Å²) < 4.78 is 26.9. The van der Waals surface area contributed by atoms with Gasteiger partial charge in [-0.3, -0.25) is 0 Å². The standard InChI is InChI=1S/C13H14F2N2/c14-8-1-2-10-11(6-17-13(10)5-8)9-3-4-16-7-12(9)15/h1-2,5-6,9,12,16-17H,3-4,7H2/t9-,12+/m1/s1. The van der Waals surface area contributed by atoms with Gasteiger partial charge in [0.15, 0.2) is 0 Å². The second-order valence-corrected chi connectivity index (χ2v) is 4.55.